The van der Waals surface area contributed by atoms with Gasteiger partial charge in [-0.15, -0.1) is 0 Å². The second-order valence-electron chi connectivity index (χ2n) is 7.94. The SMILES string of the molecule is O=C(NNC(=O)c1cc(-c2ccco2)nc2ccccc12)C1=NN(Cc2ccccc2)C(=O)CC1. The molecule has 0 atom stereocenters. The van der Waals surface area contributed by atoms with E-state index in [2.05, 4.69) is 20.9 Å². The summed E-state index contributed by atoms with van der Waals surface area (Å²) >= 11 is 0. The molecule has 0 spiro atoms. The van der Waals surface area contributed by atoms with Crippen LogP contribution in [-0.2, 0) is 16.1 Å². The summed E-state index contributed by atoms with van der Waals surface area (Å²) in [4.78, 5) is 42.6. The van der Waals surface area contributed by atoms with Gasteiger partial charge in [0.1, 0.15) is 11.4 Å². The van der Waals surface area contributed by atoms with Gasteiger partial charge in [-0.1, -0.05) is 48.5 Å². The summed E-state index contributed by atoms with van der Waals surface area (Å²) in [5, 5.41) is 6.13. The Morgan fingerprint density at radius 3 is 2.49 bits per heavy atom. The number of para-hydroxylation sites is 1. The fourth-order valence-electron chi connectivity index (χ4n) is 3.81. The summed E-state index contributed by atoms with van der Waals surface area (Å²) in [5.74, 6) is -0.733. The van der Waals surface area contributed by atoms with Gasteiger partial charge in [-0.3, -0.25) is 25.2 Å². The number of carbonyl (C=O) groups is 3. The van der Waals surface area contributed by atoms with E-state index in [0.717, 1.165) is 5.56 Å². The summed E-state index contributed by atoms with van der Waals surface area (Å²) in [6, 6.07) is 21.7. The maximum absolute atomic E-state index is 13.0. The Hall–Kier alpha value is -4.79. The number of hydrazine groups is 1. The lowest BCUT2D eigenvalue weighted by atomic mass is 10.1. The van der Waals surface area contributed by atoms with Gasteiger partial charge in [-0.05, 0) is 29.8 Å². The van der Waals surface area contributed by atoms with Gasteiger partial charge in [0.15, 0.2) is 5.76 Å². The number of furan rings is 1. The number of aromatic nitrogens is 1. The normalized spacial score (nSPS) is 13.4. The Balaban J connectivity index is 1.32. The third-order valence-electron chi connectivity index (χ3n) is 5.57. The van der Waals surface area contributed by atoms with E-state index >= 15 is 0 Å². The van der Waals surface area contributed by atoms with Crippen LogP contribution in [-0.4, -0.2) is 33.4 Å². The molecule has 1 aliphatic rings. The molecule has 0 fully saturated rings. The summed E-state index contributed by atoms with van der Waals surface area (Å²) in [6.45, 7) is 0.265. The highest BCUT2D eigenvalue weighted by atomic mass is 16.3. The van der Waals surface area contributed by atoms with Crippen molar-refractivity contribution in [3.8, 4) is 11.5 Å². The zero-order chi connectivity index (χ0) is 24.2. The summed E-state index contributed by atoms with van der Waals surface area (Å²) in [5.41, 5.74) is 7.38. The van der Waals surface area contributed by atoms with Crippen molar-refractivity contribution >= 4 is 34.3 Å². The zero-order valence-corrected chi connectivity index (χ0v) is 18.6. The molecule has 1 aliphatic heterocycles. The van der Waals surface area contributed by atoms with Crippen molar-refractivity contribution in [2.75, 3.05) is 0 Å². The number of pyridine rings is 1. The molecule has 0 saturated carbocycles. The van der Waals surface area contributed by atoms with Crippen molar-refractivity contribution < 1.29 is 18.8 Å². The average Bonchev–Trinajstić information content (AvgIpc) is 3.43. The monoisotopic (exact) mass is 467 g/mol. The summed E-state index contributed by atoms with van der Waals surface area (Å²) in [7, 11) is 0. The maximum atomic E-state index is 13.0. The minimum atomic E-state index is -0.575. The molecule has 174 valence electrons. The number of hydrazone groups is 1. The minimum Gasteiger partial charge on any atom is -0.463 e. The average molecular weight is 467 g/mol. The number of benzene rings is 2. The molecule has 3 amide bonds. The lowest BCUT2D eigenvalue weighted by Crippen LogP contribution is -2.47. The van der Waals surface area contributed by atoms with Gasteiger partial charge in [0.25, 0.3) is 11.8 Å². The van der Waals surface area contributed by atoms with Gasteiger partial charge in [0.2, 0.25) is 5.91 Å². The first-order valence-corrected chi connectivity index (χ1v) is 11.0. The second kappa shape index (κ2) is 9.60. The minimum absolute atomic E-state index is 0.161. The molecule has 0 saturated heterocycles. The van der Waals surface area contributed by atoms with Crippen molar-refractivity contribution in [2.45, 2.75) is 19.4 Å². The largest absolute Gasteiger partial charge is 0.463 e. The van der Waals surface area contributed by atoms with Crippen molar-refractivity contribution in [2.24, 2.45) is 5.10 Å². The standard InChI is InChI=1S/C26H21N5O4/c32-24-13-12-21(30-31(24)16-17-7-2-1-3-8-17)26(34)29-28-25(33)19-15-22(23-11-6-14-35-23)27-20-10-5-4-9-18(19)20/h1-11,14-15H,12-13,16H2,(H,28,33)(H,29,34). The van der Waals surface area contributed by atoms with E-state index in [1.165, 1.54) is 11.3 Å². The predicted octanol–water partition coefficient (Wildman–Crippen LogP) is 3.43. The van der Waals surface area contributed by atoms with Gasteiger partial charge in [-0.25, -0.2) is 9.99 Å². The topological polar surface area (TPSA) is 117 Å². The van der Waals surface area contributed by atoms with E-state index in [1.54, 1.807) is 36.4 Å². The van der Waals surface area contributed by atoms with E-state index in [4.69, 9.17) is 4.42 Å². The van der Waals surface area contributed by atoms with E-state index in [1.807, 2.05) is 36.4 Å². The fourth-order valence-corrected chi connectivity index (χ4v) is 3.81. The van der Waals surface area contributed by atoms with Crippen molar-refractivity contribution in [3.63, 3.8) is 0 Å². The van der Waals surface area contributed by atoms with Crippen LogP contribution >= 0.6 is 0 Å². The lowest BCUT2D eigenvalue weighted by molar-refractivity contribution is -0.132. The third kappa shape index (κ3) is 4.79. The maximum Gasteiger partial charge on any atom is 0.285 e. The number of hydrogen-bond donors (Lipinski definition) is 2. The van der Waals surface area contributed by atoms with Gasteiger partial charge in [0.05, 0.1) is 23.9 Å². The van der Waals surface area contributed by atoms with Crippen LogP contribution in [0.2, 0.25) is 0 Å². The first kappa shape index (κ1) is 22.0. The van der Waals surface area contributed by atoms with Crippen molar-refractivity contribution in [3.05, 3.63) is 90.2 Å². The van der Waals surface area contributed by atoms with E-state index in [9.17, 15) is 14.4 Å². The molecule has 3 heterocycles. The molecule has 2 N–H and O–H groups in total. The molecule has 4 aromatic rings. The lowest BCUT2D eigenvalue weighted by Gasteiger charge is -2.23. The van der Waals surface area contributed by atoms with Gasteiger partial charge < -0.3 is 4.42 Å². The van der Waals surface area contributed by atoms with Crippen LogP contribution in [0, 0.1) is 0 Å². The van der Waals surface area contributed by atoms with Crippen LogP contribution in [0.15, 0.2) is 88.6 Å². The molecule has 0 bridgehead atoms. The van der Waals surface area contributed by atoms with Crippen molar-refractivity contribution in [1.29, 1.82) is 0 Å². The number of amides is 3. The van der Waals surface area contributed by atoms with Crippen LogP contribution in [0.3, 0.4) is 0 Å². The highest BCUT2D eigenvalue weighted by Crippen LogP contribution is 2.25. The molecular weight excluding hydrogens is 446 g/mol. The fraction of sp³-hybridized carbons (Fsp3) is 0.115. The van der Waals surface area contributed by atoms with Crippen LogP contribution in [0.5, 0.6) is 0 Å². The zero-order valence-electron chi connectivity index (χ0n) is 18.6. The third-order valence-corrected chi connectivity index (χ3v) is 5.57. The number of nitrogens with one attached hydrogen (secondary N) is 2. The molecule has 9 heteroatoms. The Labute approximate surface area is 200 Å². The van der Waals surface area contributed by atoms with E-state index in [-0.39, 0.29) is 31.0 Å². The summed E-state index contributed by atoms with van der Waals surface area (Å²) in [6.07, 6.45) is 1.88. The Morgan fingerprint density at radius 2 is 1.69 bits per heavy atom. The number of carbonyl (C=O) groups excluding carboxylic acids is 3. The quantitative estimate of drug-likeness (QED) is 0.436. The van der Waals surface area contributed by atoms with Crippen LogP contribution in [0.25, 0.3) is 22.4 Å². The highest BCUT2D eigenvalue weighted by Gasteiger charge is 2.25. The molecule has 2 aromatic carbocycles. The second-order valence-corrected chi connectivity index (χ2v) is 7.94. The first-order valence-electron chi connectivity index (χ1n) is 11.0. The van der Waals surface area contributed by atoms with Crippen LogP contribution < -0.4 is 10.9 Å². The van der Waals surface area contributed by atoms with Gasteiger partial charge in [-0.2, -0.15) is 5.10 Å². The molecule has 35 heavy (non-hydrogen) atoms. The smallest absolute Gasteiger partial charge is 0.285 e. The number of rotatable bonds is 5. The Morgan fingerprint density at radius 1 is 0.914 bits per heavy atom. The number of fused-ring (bicyclic) bond motifs is 1. The molecular formula is C26H21N5O4. The molecule has 0 unspecified atom stereocenters. The van der Waals surface area contributed by atoms with Crippen LogP contribution in [0.4, 0.5) is 0 Å². The molecule has 5 rings (SSSR count). The summed E-state index contributed by atoms with van der Waals surface area (Å²) < 4.78 is 5.43. The van der Waals surface area contributed by atoms with Crippen molar-refractivity contribution in [1.82, 2.24) is 20.8 Å². The Kier molecular flexibility index (Phi) is 6.04. The Bertz CT molecular complexity index is 1430. The predicted molar refractivity (Wildman–Crippen MR) is 129 cm³/mol. The molecule has 9 nitrogen and oxygen atoms in total. The highest BCUT2D eigenvalue weighted by molar-refractivity contribution is 6.39. The number of hydrogen-bond acceptors (Lipinski definition) is 6. The van der Waals surface area contributed by atoms with Crippen LogP contribution in [0.1, 0.15) is 28.8 Å². The van der Waals surface area contributed by atoms with Gasteiger partial charge >= 0.3 is 0 Å². The molecule has 2 aromatic heterocycles. The van der Waals surface area contributed by atoms with Gasteiger partial charge in [0, 0.05) is 18.2 Å². The first-order chi connectivity index (χ1) is 17.1. The number of nitrogens with zero attached hydrogens (tertiary/aromatic N) is 3. The molecule has 0 aliphatic carbocycles. The van der Waals surface area contributed by atoms with E-state index in [0.29, 0.717) is 27.9 Å². The molecule has 0 radical (unpaired) electrons. The van der Waals surface area contributed by atoms with E-state index < -0.39 is 11.8 Å².